The second-order valence-corrected chi connectivity index (χ2v) is 6.63. The minimum atomic E-state index is -0.608. The molecule has 0 fully saturated rings. The van der Waals surface area contributed by atoms with Crippen LogP contribution < -0.4 is 4.74 Å². The van der Waals surface area contributed by atoms with Crippen LogP contribution in [0.5, 0.6) is 5.75 Å². The van der Waals surface area contributed by atoms with Crippen molar-refractivity contribution in [3.05, 3.63) is 35.5 Å². The third-order valence-electron chi connectivity index (χ3n) is 3.17. The number of aromatic nitrogens is 1. The quantitative estimate of drug-likeness (QED) is 0.773. The second-order valence-electron chi connectivity index (χ2n) is 6.63. The number of fused-ring (bicyclic) bond motifs is 1. The van der Waals surface area contributed by atoms with Crippen LogP contribution in [0.25, 0.3) is 10.9 Å². The fourth-order valence-electron chi connectivity index (χ4n) is 2.22. The number of nitrogens with zero attached hydrogens (tertiary/aromatic N) is 1. The van der Waals surface area contributed by atoms with Crippen molar-refractivity contribution in [3.8, 4) is 5.75 Å². The lowest BCUT2D eigenvalue weighted by molar-refractivity contribution is -0.157. The summed E-state index contributed by atoms with van der Waals surface area (Å²) in [4.78, 5) is 28.4. The van der Waals surface area contributed by atoms with Gasteiger partial charge < -0.3 is 14.2 Å². The van der Waals surface area contributed by atoms with E-state index in [1.165, 1.54) is 0 Å². The van der Waals surface area contributed by atoms with E-state index in [4.69, 9.17) is 14.2 Å². The molecule has 2 rings (SSSR count). The van der Waals surface area contributed by atoms with Gasteiger partial charge in [0.05, 0.1) is 12.1 Å². The molecule has 0 aliphatic carbocycles. The number of hydrogen-bond acceptors (Lipinski definition) is 6. The van der Waals surface area contributed by atoms with Crippen molar-refractivity contribution in [2.45, 2.75) is 40.2 Å². The van der Waals surface area contributed by atoms with Gasteiger partial charge in [-0.1, -0.05) is 12.1 Å². The van der Waals surface area contributed by atoms with Gasteiger partial charge in [0, 0.05) is 5.39 Å². The highest BCUT2D eigenvalue weighted by molar-refractivity contribution is 5.94. The molecule has 6 heteroatoms. The number of aryl methyl sites for hydroxylation is 1. The Hall–Kier alpha value is -2.63. The molecule has 0 saturated carbocycles. The van der Waals surface area contributed by atoms with E-state index in [0.29, 0.717) is 5.52 Å². The maximum absolute atomic E-state index is 12.2. The average Bonchev–Trinajstić information content (AvgIpc) is 2.50. The number of carbonyl (C=O) groups excluding carboxylic acids is 2. The van der Waals surface area contributed by atoms with Crippen LogP contribution in [0.2, 0.25) is 0 Å². The van der Waals surface area contributed by atoms with Crippen LogP contribution in [0.15, 0.2) is 24.3 Å². The van der Waals surface area contributed by atoms with Gasteiger partial charge in [0.2, 0.25) is 0 Å². The first kappa shape index (κ1) is 18.7. The zero-order valence-corrected chi connectivity index (χ0v) is 15.2. The van der Waals surface area contributed by atoms with E-state index in [1.54, 1.807) is 33.8 Å². The normalized spacial score (nSPS) is 11.2. The Bertz CT molecular complexity index is 792. The topological polar surface area (TPSA) is 74.7 Å². The van der Waals surface area contributed by atoms with E-state index >= 15 is 0 Å². The molecule has 0 bridgehead atoms. The summed E-state index contributed by atoms with van der Waals surface area (Å²) >= 11 is 0. The predicted octanol–water partition coefficient (Wildman–Crippen LogP) is 3.44. The smallest absolute Gasteiger partial charge is 0.360 e. The summed E-state index contributed by atoms with van der Waals surface area (Å²) < 4.78 is 15.8. The summed E-state index contributed by atoms with van der Waals surface area (Å²) in [7, 11) is 0. The van der Waals surface area contributed by atoms with E-state index in [-0.39, 0.29) is 24.7 Å². The number of ether oxygens (including phenoxy) is 3. The zero-order chi connectivity index (χ0) is 18.6. The molecule has 1 aromatic heterocycles. The molecule has 0 saturated heterocycles. The highest BCUT2D eigenvalue weighted by Crippen LogP contribution is 2.25. The zero-order valence-electron chi connectivity index (χ0n) is 15.2. The van der Waals surface area contributed by atoms with Gasteiger partial charge in [0.1, 0.15) is 5.60 Å². The first-order chi connectivity index (χ1) is 11.7. The van der Waals surface area contributed by atoms with Crippen LogP contribution in [0.4, 0.5) is 0 Å². The summed E-state index contributed by atoms with van der Waals surface area (Å²) in [5.41, 5.74) is 1.12. The molecule has 2 aromatic rings. The fraction of sp³-hybridized carbons (Fsp3) is 0.421. The lowest BCUT2D eigenvalue weighted by Gasteiger charge is -2.19. The number of benzene rings is 1. The van der Waals surface area contributed by atoms with Crippen molar-refractivity contribution in [2.24, 2.45) is 0 Å². The molecule has 6 nitrogen and oxygen atoms in total. The summed E-state index contributed by atoms with van der Waals surface area (Å²) in [5, 5.41) is 0.804. The SMILES string of the molecule is CCOC(=O)c1nc2cc(C)ccc2cc1OCC(=O)OC(C)(C)C. The minimum absolute atomic E-state index is 0.0449. The molecule has 0 unspecified atom stereocenters. The van der Waals surface area contributed by atoms with Gasteiger partial charge >= 0.3 is 11.9 Å². The van der Waals surface area contributed by atoms with Gasteiger partial charge in [-0.05, 0) is 52.3 Å². The molecule has 0 aliphatic rings. The van der Waals surface area contributed by atoms with Gasteiger partial charge in [-0.2, -0.15) is 0 Å². The second kappa shape index (κ2) is 7.51. The number of esters is 2. The van der Waals surface area contributed by atoms with E-state index in [0.717, 1.165) is 10.9 Å². The van der Waals surface area contributed by atoms with Gasteiger partial charge in [0.25, 0.3) is 0 Å². The van der Waals surface area contributed by atoms with Crippen LogP contribution in [-0.2, 0) is 14.3 Å². The third-order valence-corrected chi connectivity index (χ3v) is 3.17. The number of hydrogen-bond donors (Lipinski definition) is 0. The van der Waals surface area contributed by atoms with Crippen LogP contribution in [0, 0.1) is 6.92 Å². The van der Waals surface area contributed by atoms with Crippen molar-refractivity contribution in [2.75, 3.05) is 13.2 Å². The highest BCUT2D eigenvalue weighted by atomic mass is 16.6. The molecule has 0 spiro atoms. The van der Waals surface area contributed by atoms with Crippen LogP contribution in [0.3, 0.4) is 0 Å². The molecule has 0 aliphatic heterocycles. The molecule has 0 N–H and O–H groups in total. The molecule has 0 atom stereocenters. The van der Waals surface area contributed by atoms with E-state index < -0.39 is 17.5 Å². The fourth-order valence-corrected chi connectivity index (χ4v) is 2.22. The van der Waals surface area contributed by atoms with E-state index in [2.05, 4.69) is 4.98 Å². The maximum Gasteiger partial charge on any atom is 0.360 e. The van der Waals surface area contributed by atoms with Gasteiger partial charge in [-0.15, -0.1) is 0 Å². The Morgan fingerprint density at radius 1 is 1.16 bits per heavy atom. The van der Waals surface area contributed by atoms with Crippen molar-refractivity contribution in [1.29, 1.82) is 0 Å². The predicted molar refractivity (Wildman–Crippen MR) is 93.8 cm³/mol. The lowest BCUT2D eigenvalue weighted by Crippen LogP contribution is -2.27. The highest BCUT2D eigenvalue weighted by Gasteiger charge is 2.21. The molecule has 0 radical (unpaired) electrons. The third kappa shape index (κ3) is 5.17. The van der Waals surface area contributed by atoms with Crippen molar-refractivity contribution < 1.29 is 23.8 Å². The molecule has 1 heterocycles. The first-order valence-electron chi connectivity index (χ1n) is 8.13. The van der Waals surface area contributed by atoms with E-state index in [1.807, 2.05) is 25.1 Å². The Kier molecular flexibility index (Phi) is 5.62. The molecule has 134 valence electrons. The lowest BCUT2D eigenvalue weighted by atomic mass is 10.1. The van der Waals surface area contributed by atoms with Crippen molar-refractivity contribution >= 4 is 22.8 Å². The summed E-state index contributed by atoms with van der Waals surface area (Å²) in [6.07, 6.45) is 0. The van der Waals surface area contributed by atoms with Gasteiger partial charge in [-0.3, -0.25) is 0 Å². The Balaban J connectivity index is 2.32. The van der Waals surface area contributed by atoms with Crippen molar-refractivity contribution in [1.82, 2.24) is 4.98 Å². The first-order valence-corrected chi connectivity index (χ1v) is 8.13. The maximum atomic E-state index is 12.2. The van der Waals surface area contributed by atoms with Crippen LogP contribution in [-0.4, -0.2) is 35.7 Å². The largest absolute Gasteiger partial charge is 0.479 e. The Morgan fingerprint density at radius 3 is 2.52 bits per heavy atom. The molecule has 25 heavy (non-hydrogen) atoms. The van der Waals surface area contributed by atoms with Gasteiger partial charge in [-0.25, -0.2) is 14.6 Å². The van der Waals surface area contributed by atoms with Gasteiger partial charge in [0.15, 0.2) is 18.1 Å². The van der Waals surface area contributed by atoms with Crippen molar-refractivity contribution in [3.63, 3.8) is 0 Å². The summed E-state index contributed by atoms with van der Waals surface area (Å²) in [6, 6.07) is 7.37. The number of pyridine rings is 1. The summed E-state index contributed by atoms with van der Waals surface area (Å²) in [6.45, 7) is 8.88. The summed E-state index contributed by atoms with van der Waals surface area (Å²) in [5.74, 6) is -0.919. The van der Waals surface area contributed by atoms with Crippen LogP contribution in [0.1, 0.15) is 43.7 Å². The number of carbonyl (C=O) groups is 2. The average molecular weight is 345 g/mol. The Labute approximate surface area is 147 Å². The molecular formula is C19H23NO5. The molecule has 1 aromatic carbocycles. The Morgan fingerprint density at radius 2 is 1.88 bits per heavy atom. The van der Waals surface area contributed by atoms with E-state index in [9.17, 15) is 9.59 Å². The standard InChI is InChI=1S/C19H23NO5/c1-6-23-18(22)17-15(24-11-16(21)25-19(3,4)5)10-13-8-7-12(2)9-14(13)20-17/h7-10H,6,11H2,1-5H3. The minimum Gasteiger partial charge on any atom is -0.479 e. The molecular weight excluding hydrogens is 322 g/mol. The van der Waals surface area contributed by atoms with Crippen LogP contribution >= 0.6 is 0 Å². The number of rotatable bonds is 5. The monoisotopic (exact) mass is 345 g/mol. The molecule has 0 amide bonds.